The van der Waals surface area contributed by atoms with Crippen molar-refractivity contribution in [3.05, 3.63) is 97.4 Å². The summed E-state index contributed by atoms with van der Waals surface area (Å²) in [5, 5.41) is 1.31. The van der Waals surface area contributed by atoms with Gasteiger partial charge in [0.15, 0.2) is 0 Å². The number of thiophene rings is 1. The van der Waals surface area contributed by atoms with Crippen molar-refractivity contribution < 1.29 is 4.79 Å². The largest absolute Gasteiger partial charge is 0.327 e. The minimum atomic E-state index is -0.140. The Morgan fingerprint density at radius 3 is 2.56 bits per heavy atom. The zero-order chi connectivity index (χ0) is 22.1. The van der Waals surface area contributed by atoms with E-state index in [2.05, 4.69) is 4.98 Å². The van der Waals surface area contributed by atoms with Crippen LogP contribution in [0, 0.1) is 0 Å². The first-order chi connectivity index (χ1) is 15.6. The second-order valence-corrected chi connectivity index (χ2v) is 9.58. The van der Waals surface area contributed by atoms with Crippen LogP contribution < -0.4 is 5.56 Å². The number of rotatable bonds is 5. The number of aromatic nitrogens is 2. The number of benzene rings is 2. The van der Waals surface area contributed by atoms with Gasteiger partial charge in [0, 0.05) is 22.0 Å². The Labute approximate surface area is 194 Å². The fraction of sp³-hybridized carbons (Fsp3) is 0.240. The van der Waals surface area contributed by atoms with Gasteiger partial charge in [-0.2, -0.15) is 0 Å². The van der Waals surface area contributed by atoms with Gasteiger partial charge in [-0.3, -0.25) is 9.59 Å². The Kier molecular flexibility index (Phi) is 5.81. The topological polar surface area (TPSA) is 66.1 Å². The van der Waals surface area contributed by atoms with Gasteiger partial charge in [-0.25, -0.2) is 4.98 Å². The second-order valence-electron chi connectivity index (χ2n) is 8.06. The fourth-order valence-electron chi connectivity index (χ4n) is 4.24. The Balaban J connectivity index is 1.50. The Morgan fingerprint density at radius 1 is 1.03 bits per heavy atom. The number of carbonyl (C=O) groups excluding carboxylic acids is 1. The number of aryl methyl sites for hydroxylation is 2. The summed E-state index contributed by atoms with van der Waals surface area (Å²) in [4.78, 5) is 37.7. The van der Waals surface area contributed by atoms with E-state index in [0.717, 1.165) is 47.0 Å². The molecule has 1 amide bonds. The molecule has 4 aromatic rings. The van der Waals surface area contributed by atoms with Gasteiger partial charge in [-0.1, -0.05) is 41.9 Å². The average molecular weight is 464 g/mol. The summed E-state index contributed by atoms with van der Waals surface area (Å²) in [6.07, 6.45) is 4.22. The van der Waals surface area contributed by atoms with Gasteiger partial charge in [0.25, 0.3) is 11.5 Å². The van der Waals surface area contributed by atoms with Crippen molar-refractivity contribution in [2.24, 2.45) is 0 Å². The number of H-pyrrole nitrogens is 1. The van der Waals surface area contributed by atoms with Crippen molar-refractivity contribution in [2.75, 3.05) is 0 Å². The maximum atomic E-state index is 13.3. The number of fused-ring (bicyclic) bond motifs is 3. The highest BCUT2D eigenvalue weighted by molar-refractivity contribution is 7.18. The molecule has 5 rings (SSSR count). The van der Waals surface area contributed by atoms with Crippen LogP contribution in [-0.4, -0.2) is 20.8 Å². The van der Waals surface area contributed by atoms with Gasteiger partial charge in [-0.05, 0) is 61.1 Å². The molecule has 1 aliphatic carbocycles. The number of hydrogen-bond acceptors (Lipinski definition) is 4. The zero-order valence-electron chi connectivity index (χ0n) is 17.4. The SMILES string of the molecule is O=C(c1ccc(Cl)cc1)N(Cc1ccccc1)Cc1nc2sc3c(c2c(=O)[nH]1)CCCC3. The van der Waals surface area contributed by atoms with Gasteiger partial charge >= 0.3 is 0 Å². The van der Waals surface area contributed by atoms with E-state index in [4.69, 9.17) is 16.6 Å². The van der Waals surface area contributed by atoms with E-state index in [-0.39, 0.29) is 18.0 Å². The Hall–Kier alpha value is -2.96. The standard InChI is InChI=1S/C25H22ClN3O2S/c26-18-12-10-17(11-13-18)25(31)29(14-16-6-2-1-3-7-16)15-21-27-23(30)22-19-8-4-5-9-20(19)32-24(22)28-21/h1-3,6-7,10-13H,4-5,8-9,14-15H2,(H,27,28,30). The molecule has 2 heterocycles. The molecule has 2 aromatic heterocycles. The molecular formula is C25H22ClN3O2S. The van der Waals surface area contributed by atoms with Crippen molar-refractivity contribution in [1.82, 2.24) is 14.9 Å². The lowest BCUT2D eigenvalue weighted by molar-refractivity contribution is 0.0725. The van der Waals surface area contributed by atoms with Gasteiger partial charge < -0.3 is 9.88 Å². The first kappa shape index (κ1) is 20.9. The molecule has 0 bridgehead atoms. The summed E-state index contributed by atoms with van der Waals surface area (Å²) in [6, 6.07) is 16.6. The van der Waals surface area contributed by atoms with Gasteiger partial charge in [-0.15, -0.1) is 11.3 Å². The van der Waals surface area contributed by atoms with Crippen LogP contribution in [0.15, 0.2) is 59.4 Å². The minimum absolute atomic E-state index is 0.108. The number of carbonyl (C=O) groups is 1. The van der Waals surface area contributed by atoms with Gasteiger partial charge in [0.2, 0.25) is 0 Å². The lowest BCUT2D eigenvalue weighted by atomic mass is 9.97. The molecule has 0 aliphatic heterocycles. The molecule has 0 saturated heterocycles. The van der Waals surface area contributed by atoms with Crippen molar-refractivity contribution in [3.8, 4) is 0 Å². The van der Waals surface area contributed by atoms with E-state index in [1.54, 1.807) is 40.5 Å². The predicted octanol–water partition coefficient (Wildman–Crippen LogP) is 5.36. The third kappa shape index (κ3) is 4.20. The molecular weight excluding hydrogens is 442 g/mol. The number of amides is 1. The summed E-state index contributed by atoms with van der Waals surface area (Å²) in [6.45, 7) is 0.620. The molecule has 2 aromatic carbocycles. The van der Waals surface area contributed by atoms with Crippen molar-refractivity contribution in [1.29, 1.82) is 0 Å². The van der Waals surface area contributed by atoms with E-state index in [1.165, 1.54) is 4.88 Å². The summed E-state index contributed by atoms with van der Waals surface area (Å²) in [7, 11) is 0. The number of halogens is 1. The van der Waals surface area contributed by atoms with E-state index in [0.29, 0.717) is 23.0 Å². The van der Waals surface area contributed by atoms with E-state index in [1.807, 2.05) is 30.3 Å². The third-order valence-corrected chi connectivity index (χ3v) is 7.25. The number of nitrogens with zero attached hydrogens (tertiary/aromatic N) is 2. The van der Waals surface area contributed by atoms with Crippen LogP contribution in [0.25, 0.3) is 10.2 Å². The lowest BCUT2D eigenvalue weighted by Gasteiger charge is -2.22. The first-order valence-electron chi connectivity index (χ1n) is 10.7. The van der Waals surface area contributed by atoms with Gasteiger partial charge in [0.05, 0.1) is 11.9 Å². The maximum absolute atomic E-state index is 13.3. The number of hydrogen-bond donors (Lipinski definition) is 1. The molecule has 5 nitrogen and oxygen atoms in total. The Bertz CT molecular complexity index is 1330. The molecule has 0 spiro atoms. The lowest BCUT2D eigenvalue weighted by Crippen LogP contribution is -2.31. The monoisotopic (exact) mass is 463 g/mol. The fourth-order valence-corrected chi connectivity index (χ4v) is 5.65. The smallest absolute Gasteiger partial charge is 0.259 e. The molecule has 1 aliphatic rings. The number of nitrogens with one attached hydrogen (secondary N) is 1. The van der Waals surface area contributed by atoms with Gasteiger partial charge in [0.1, 0.15) is 10.7 Å². The van der Waals surface area contributed by atoms with E-state index >= 15 is 0 Å². The van der Waals surface area contributed by atoms with Crippen LogP contribution in [0.3, 0.4) is 0 Å². The molecule has 0 unspecified atom stereocenters. The normalized spacial score (nSPS) is 13.2. The third-order valence-electron chi connectivity index (χ3n) is 5.81. The summed E-state index contributed by atoms with van der Waals surface area (Å²) < 4.78 is 0. The summed E-state index contributed by atoms with van der Waals surface area (Å²) in [5.41, 5.74) is 2.60. The molecule has 0 saturated carbocycles. The molecule has 1 N–H and O–H groups in total. The van der Waals surface area contributed by atoms with E-state index in [9.17, 15) is 9.59 Å². The van der Waals surface area contributed by atoms with Crippen molar-refractivity contribution >= 4 is 39.1 Å². The highest BCUT2D eigenvalue weighted by atomic mass is 35.5. The second kappa shape index (κ2) is 8.88. The first-order valence-corrected chi connectivity index (χ1v) is 11.9. The highest BCUT2D eigenvalue weighted by Crippen LogP contribution is 2.33. The molecule has 7 heteroatoms. The minimum Gasteiger partial charge on any atom is -0.327 e. The van der Waals surface area contributed by atoms with Crippen molar-refractivity contribution in [3.63, 3.8) is 0 Å². The molecule has 0 radical (unpaired) electrons. The van der Waals surface area contributed by atoms with Crippen LogP contribution in [0.5, 0.6) is 0 Å². The van der Waals surface area contributed by atoms with Crippen molar-refractivity contribution in [2.45, 2.75) is 38.8 Å². The summed E-state index contributed by atoms with van der Waals surface area (Å²) in [5.74, 6) is 0.359. The molecule has 0 fully saturated rings. The maximum Gasteiger partial charge on any atom is 0.259 e. The molecule has 32 heavy (non-hydrogen) atoms. The predicted molar refractivity (Wildman–Crippen MR) is 128 cm³/mol. The average Bonchev–Trinajstić information content (AvgIpc) is 3.18. The Morgan fingerprint density at radius 2 is 1.78 bits per heavy atom. The van der Waals surface area contributed by atoms with E-state index < -0.39 is 0 Å². The molecule has 0 atom stereocenters. The van der Waals surface area contributed by atoms with Crippen LogP contribution in [0.2, 0.25) is 5.02 Å². The van der Waals surface area contributed by atoms with Crippen LogP contribution in [0.1, 0.15) is 45.0 Å². The number of aromatic amines is 1. The van der Waals surface area contributed by atoms with Crippen LogP contribution >= 0.6 is 22.9 Å². The summed E-state index contributed by atoms with van der Waals surface area (Å²) >= 11 is 7.61. The zero-order valence-corrected chi connectivity index (χ0v) is 19.0. The van der Waals surface area contributed by atoms with Crippen LogP contribution in [-0.2, 0) is 25.9 Å². The highest BCUT2D eigenvalue weighted by Gasteiger charge is 2.22. The molecule has 162 valence electrons. The quantitative estimate of drug-likeness (QED) is 0.433. The van der Waals surface area contributed by atoms with Crippen LogP contribution in [0.4, 0.5) is 0 Å².